The standard InChI is InChI=1S/C9H8ClFO/c10-9(11,7-12)6-8-4-2-1-3-5-8/h1-5,7H,6H2/t9-/m1/s1. The first kappa shape index (κ1) is 9.20. The van der Waals surface area contributed by atoms with Gasteiger partial charge in [0, 0.05) is 6.42 Å². The second-order valence-electron chi connectivity index (χ2n) is 2.54. The van der Waals surface area contributed by atoms with Crippen LogP contribution in [0.4, 0.5) is 4.39 Å². The summed E-state index contributed by atoms with van der Waals surface area (Å²) in [7, 11) is 0. The predicted octanol–water partition coefficient (Wildman–Crippen LogP) is 2.33. The minimum absolute atomic E-state index is 0.0844. The van der Waals surface area contributed by atoms with Crippen LogP contribution in [0.15, 0.2) is 30.3 Å². The number of carbonyl (C=O) groups excluding carboxylic acids is 1. The van der Waals surface area contributed by atoms with Gasteiger partial charge in [0.1, 0.15) is 0 Å². The van der Waals surface area contributed by atoms with E-state index in [1.165, 1.54) is 0 Å². The highest BCUT2D eigenvalue weighted by Gasteiger charge is 2.25. The summed E-state index contributed by atoms with van der Waals surface area (Å²) in [6.07, 6.45) is 0.0282. The van der Waals surface area contributed by atoms with Crippen LogP contribution in [0.2, 0.25) is 0 Å². The van der Waals surface area contributed by atoms with E-state index in [9.17, 15) is 9.18 Å². The summed E-state index contributed by atoms with van der Waals surface area (Å²) in [6, 6.07) is 8.80. The lowest BCUT2D eigenvalue weighted by molar-refractivity contribution is -0.113. The Hall–Kier alpha value is -0.890. The molecule has 0 aromatic heterocycles. The molecule has 0 aliphatic carbocycles. The molecule has 64 valence electrons. The molecule has 1 aromatic carbocycles. The van der Waals surface area contributed by atoms with Crippen molar-refractivity contribution in [1.82, 2.24) is 0 Å². The summed E-state index contributed by atoms with van der Waals surface area (Å²) >= 11 is 5.22. The molecular formula is C9H8ClFO. The van der Waals surface area contributed by atoms with Crippen LogP contribution >= 0.6 is 11.6 Å². The van der Waals surface area contributed by atoms with E-state index in [-0.39, 0.29) is 12.7 Å². The van der Waals surface area contributed by atoms with Crippen molar-refractivity contribution in [1.29, 1.82) is 0 Å². The lowest BCUT2D eigenvalue weighted by Crippen LogP contribution is -2.19. The molecule has 0 saturated heterocycles. The third kappa shape index (κ3) is 2.62. The lowest BCUT2D eigenvalue weighted by Gasteiger charge is -2.08. The summed E-state index contributed by atoms with van der Waals surface area (Å²) in [6.45, 7) is 0. The molecule has 1 nitrogen and oxygen atoms in total. The van der Waals surface area contributed by atoms with Crippen LogP contribution in [-0.4, -0.2) is 11.4 Å². The molecule has 1 rings (SSSR count). The summed E-state index contributed by atoms with van der Waals surface area (Å²) < 4.78 is 12.9. The van der Waals surface area contributed by atoms with Crippen LogP contribution in [0.5, 0.6) is 0 Å². The maximum Gasteiger partial charge on any atom is 0.242 e. The van der Waals surface area contributed by atoms with Crippen molar-refractivity contribution in [3.05, 3.63) is 35.9 Å². The van der Waals surface area contributed by atoms with Crippen molar-refractivity contribution >= 4 is 17.9 Å². The monoisotopic (exact) mass is 186 g/mol. The van der Waals surface area contributed by atoms with Crippen LogP contribution in [0.3, 0.4) is 0 Å². The summed E-state index contributed by atoms with van der Waals surface area (Å²) in [4.78, 5) is 10.1. The van der Waals surface area contributed by atoms with E-state index in [1.54, 1.807) is 24.3 Å². The fraction of sp³-hybridized carbons (Fsp3) is 0.222. The highest BCUT2D eigenvalue weighted by molar-refractivity contribution is 6.30. The Morgan fingerprint density at radius 3 is 2.50 bits per heavy atom. The van der Waals surface area contributed by atoms with Gasteiger partial charge in [0.25, 0.3) is 0 Å². The zero-order chi connectivity index (χ0) is 9.03. The minimum atomic E-state index is -2.26. The molecule has 0 N–H and O–H groups in total. The Kier molecular flexibility index (Phi) is 2.82. The van der Waals surface area contributed by atoms with Crippen LogP contribution in [0.25, 0.3) is 0 Å². The van der Waals surface area contributed by atoms with Gasteiger partial charge in [0.15, 0.2) is 6.29 Å². The molecule has 1 aromatic rings. The minimum Gasteiger partial charge on any atom is -0.298 e. The average molecular weight is 187 g/mol. The van der Waals surface area contributed by atoms with Gasteiger partial charge in [-0.05, 0) is 5.56 Å². The van der Waals surface area contributed by atoms with Crippen molar-refractivity contribution < 1.29 is 9.18 Å². The number of halogens is 2. The average Bonchev–Trinajstić information content (AvgIpc) is 2.06. The van der Waals surface area contributed by atoms with Gasteiger partial charge in [-0.2, -0.15) is 0 Å². The molecule has 0 amide bonds. The molecule has 0 unspecified atom stereocenters. The molecular weight excluding hydrogens is 179 g/mol. The third-order valence-electron chi connectivity index (χ3n) is 1.46. The predicted molar refractivity (Wildman–Crippen MR) is 45.9 cm³/mol. The van der Waals surface area contributed by atoms with E-state index in [4.69, 9.17) is 11.6 Å². The van der Waals surface area contributed by atoms with E-state index in [0.717, 1.165) is 0 Å². The zero-order valence-electron chi connectivity index (χ0n) is 6.34. The second-order valence-corrected chi connectivity index (χ2v) is 3.17. The Balaban J connectivity index is 2.70. The van der Waals surface area contributed by atoms with Gasteiger partial charge in [0.2, 0.25) is 5.13 Å². The van der Waals surface area contributed by atoms with Crippen molar-refractivity contribution in [3.63, 3.8) is 0 Å². The van der Waals surface area contributed by atoms with E-state index in [2.05, 4.69) is 0 Å². The van der Waals surface area contributed by atoms with Crippen LogP contribution in [0.1, 0.15) is 5.56 Å². The van der Waals surface area contributed by atoms with Gasteiger partial charge in [0.05, 0.1) is 0 Å². The number of hydrogen-bond acceptors (Lipinski definition) is 1. The van der Waals surface area contributed by atoms with Crippen molar-refractivity contribution in [2.75, 3.05) is 0 Å². The molecule has 0 radical (unpaired) electrons. The normalized spacial score (nSPS) is 15.2. The first-order chi connectivity index (χ1) is 5.64. The molecule has 0 aliphatic rings. The Morgan fingerprint density at radius 1 is 1.42 bits per heavy atom. The topological polar surface area (TPSA) is 17.1 Å². The Morgan fingerprint density at radius 2 is 2.00 bits per heavy atom. The largest absolute Gasteiger partial charge is 0.298 e. The summed E-state index contributed by atoms with van der Waals surface area (Å²) in [5.41, 5.74) is 0.710. The number of benzene rings is 1. The van der Waals surface area contributed by atoms with E-state index in [0.29, 0.717) is 5.56 Å². The Labute approximate surface area is 75.2 Å². The fourth-order valence-electron chi connectivity index (χ4n) is 0.910. The van der Waals surface area contributed by atoms with Gasteiger partial charge in [-0.1, -0.05) is 41.9 Å². The summed E-state index contributed by atoms with van der Waals surface area (Å²) in [5, 5.41) is -2.26. The smallest absolute Gasteiger partial charge is 0.242 e. The summed E-state index contributed by atoms with van der Waals surface area (Å²) in [5.74, 6) is 0. The molecule has 3 heteroatoms. The maximum atomic E-state index is 12.9. The van der Waals surface area contributed by atoms with Gasteiger partial charge >= 0.3 is 0 Å². The molecule has 0 fully saturated rings. The molecule has 1 atom stereocenters. The highest BCUT2D eigenvalue weighted by Crippen LogP contribution is 2.19. The van der Waals surface area contributed by atoms with E-state index >= 15 is 0 Å². The fourth-order valence-corrected chi connectivity index (χ4v) is 1.06. The van der Waals surface area contributed by atoms with Gasteiger partial charge < -0.3 is 0 Å². The first-order valence-electron chi connectivity index (χ1n) is 3.52. The number of alkyl halides is 2. The number of aldehydes is 1. The van der Waals surface area contributed by atoms with Gasteiger partial charge in [-0.3, -0.25) is 4.79 Å². The van der Waals surface area contributed by atoms with Crippen LogP contribution in [-0.2, 0) is 11.2 Å². The zero-order valence-corrected chi connectivity index (χ0v) is 7.09. The highest BCUT2D eigenvalue weighted by atomic mass is 35.5. The first-order valence-corrected chi connectivity index (χ1v) is 3.90. The van der Waals surface area contributed by atoms with Gasteiger partial charge in [-0.25, -0.2) is 4.39 Å². The van der Waals surface area contributed by atoms with Crippen molar-refractivity contribution in [3.8, 4) is 0 Å². The van der Waals surface area contributed by atoms with Crippen molar-refractivity contribution in [2.24, 2.45) is 0 Å². The second kappa shape index (κ2) is 3.68. The number of rotatable bonds is 3. The Bertz CT molecular complexity index is 258. The number of carbonyl (C=O) groups is 1. The molecule has 0 aliphatic heterocycles. The van der Waals surface area contributed by atoms with E-state index in [1.807, 2.05) is 6.07 Å². The quantitative estimate of drug-likeness (QED) is 0.523. The lowest BCUT2D eigenvalue weighted by atomic mass is 10.1. The molecule has 12 heavy (non-hydrogen) atoms. The van der Waals surface area contributed by atoms with Gasteiger partial charge in [-0.15, -0.1) is 0 Å². The number of hydrogen-bond donors (Lipinski definition) is 0. The van der Waals surface area contributed by atoms with E-state index < -0.39 is 5.13 Å². The van der Waals surface area contributed by atoms with Crippen LogP contribution in [0, 0.1) is 0 Å². The third-order valence-corrected chi connectivity index (χ3v) is 1.68. The molecule has 0 heterocycles. The molecule has 0 bridgehead atoms. The van der Waals surface area contributed by atoms with Crippen LogP contribution < -0.4 is 0 Å². The molecule has 0 spiro atoms. The molecule has 0 saturated carbocycles. The van der Waals surface area contributed by atoms with Crippen molar-refractivity contribution in [2.45, 2.75) is 11.5 Å². The maximum absolute atomic E-state index is 12.9. The SMILES string of the molecule is O=C[C@@](F)(Cl)Cc1ccccc1.